The lowest BCUT2D eigenvalue weighted by atomic mass is 9.91. The standard InChI is InChI=1S/C37H26N2.C2H6/c1-2-9-28(10-3-1)39(30-19-21-38-22-20-30)29-15-13-25(14-16-29)31-17-18-34-36-24-27-8-5-4-7-26(27)23-35(36)33-12-6-11-32(31)37(33)34;1-2/h1-3,5-6,8-24H,4,7H2;1-2H3. The summed E-state index contributed by atoms with van der Waals surface area (Å²) in [5, 5.41) is 2.69. The van der Waals surface area contributed by atoms with Gasteiger partial charge in [0.15, 0.2) is 0 Å². The summed E-state index contributed by atoms with van der Waals surface area (Å²) in [5.74, 6) is 0. The summed E-state index contributed by atoms with van der Waals surface area (Å²) in [5.41, 5.74) is 14.1. The van der Waals surface area contributed by atoms with Crippen molar-refractivity contribution in [3.8, 4) is 33.4 Å². The summed E-state index contributed by atoms with van der Waals surface area (Å²) < 4.78 is 0. The first-order valence-corrected chi connectivity index (χ1v) is 14.6. The number of nitrogens with zero attached hydrogens (tertiary/aromatic N) is 2. The molecule has 0 aliphatic heterocycles. The van der Waals surface area contributed by atoms with Crippen molar-refractivity contribution in [3.05, 3.63) is 139 Å². The van der Waals surface area contributed by atoms with Crippen molar-refractivity contribution in [1.82, 2.24) is 4.98 Å². The molecule has 1 heterocycles. The normalized spacial score (nSPS) is 12.3. The predicted octanol–water partition coefficient (Wildman–Crippen LogP) is 11.0. The second kappa shape index (κ2) is 10.6. The van der Waals surface area contributed by atoms with Crippen molar-refractivity contribution in [2.45, 2.75) is 26.7 Å². The zero-order valence-electron chi connectivity index (χ0n) is 23.5. The van der Waals surface area contributed by atoms with Gasteiger partial charge in [-0.1, -0.05) is 86.7 Å². The summed E-state index contributed by atoms with van der Waals surface area (Å²) in [4.78, 5) is 6.49. The van der Waals surface area contributed by atoms with Crippen LogP contribution >= 0.6 is 0 Å². The number of anilines is 3. The predicted molar refractivity (Wildman–Crippen MR) is 175 cm³/mol. The molecule has 0 spiro atoms. The SMILES string of the molecule is C1=Cc2cc3c(cc2CC1)-c1cccc2c(-c4ccc(N(c5ccccc5)c5ccncc5)cc4)ccc-3c12.CC. The van der Waals surface area contributed by atoms with Gasteiger partial charge in [0.2, 0.25) is 0 Å². The number of fused-ring (bicyclic) bond motifs is 4. The fraction of sp³-hybridized carbons (Fsp3) is 0.103. The van der Waals surface area contributed by atoms with E-state index in [0.29, 0.717) is 0 Å². The maximum atomic E-state index is 4.22. The average molecular weight is 529 g/mol. The van der Waals surface area contributed by atoms with Gasteiger partial charge in [-0.2, -0.15) is 0 Å². The molecule has 0 bridgehead atoms. The molecule has 0 radical (unpaired) electrons. The summed E-state index contributed by atoms with van der Waals surface area (Å²) in [6.07, 6.45) is 10.5. The number of allylic oxidation sites excluding steroid dienone is 1. The number of aromatic nitrogens is 1. The lowest BCUT2D eigenvalue weighted by Crippen LogP contribution is -2.09. The fourth-order valence-electron chi connectivity index (χ4n) is 6.34. The lowest BCUT2D eigenvalue weighted by Gasteiger charge is -2.25. The fourth-order valence-corrected chi connectivity index (χ4v) is 6.34. The Labute approximate surface area is 242 Å². The first-order valence-electron chi connectivity index (χ1n) is 14.6. The minimum absolute atomic E-state index is 1.09. The maximum absolute atomic E-state index is 4.22. The number of benzene rings is 5. The first kappa shape index (κ1) is 25.0. The van der Waals surface area contributed by atoms with Crippen molar-refractivity contribution in [2.24, 2.45) is 0 Å². The first-order chi connectivity index (χ1) is 20.3. The Morgan fingerprint density at radius 2 is 1.27 bits per heavy atom. The van der Waals surface area contributed by atoms with Gasteiger partial charge in [0, 0.05) is 29.5 Å². The molecule has 41 heavy (non-hydrogen) atoms. The zero-order chi connectivity index (χ0) is 27.8. The Hall–Kier alpha value is -4.95. The van der Waals surface area contributed by atoms with Crippen molar-refractivity contribution < 1.29 is 0 Å². The molecule has 0 N–H and O–H groups in total. The number of hydrogen-bond acceptors (Lipinski definition) is 2. The molecule has 5 aromatic carbocycles. The van der Waals surface area contributed by atoms with E-state index in [1.165, 1.54) is 55.3 Å². The Balaban J connectivity index is 0.00000135. The number of rotatable bonds is 4. The minimum Gasteiger partial charge on any atom is -0.310 e. The Kier molecular flexibility index (Phi) is 6.45. The highest BCUT2D eigenvalue weighted by atomic mass is 15.1. The van der Waals surface area contributed by atoms with Crippen LogP contribution in [0, 0.1) is 0 Å². The van der Waals surface area contributed by atoms with Crippen molar-refractivity contribution in [2.75, 3.05) is 4.90 Å². The third kappa shape index (κ3) is 4.24. The minimum atomic E-state index is 1.09. The van der Waals surface area contributed by atoms with Crippen LogP contribution in [0.3, 0.4) is 0 Å². The number of pyridine rings is 1. The van der Waals surface area contributed by atoms with Crippen LogP contribution in [0.25, 0.3) is 50.2 Å². The zero-order valence-corrected chi connectivity index (χ0v) is 23.5. The second-order valence-corrected chi connectivity index (χ2v) is 10.3. The smallest absolute Gasteiger partial charge is 0.0492 e. The number of hydrogen-bond donors (Lipinski definition) is 0. The molecule has 0 atom stereocenters. The molecule has 0 amide bonds. The van der Waals surface area contributed by atoms with E-state index in [1.807, 2.05) is 26.2 Å². The highest BCUT2D eigenvalue weighted by molar-refractivity contribution is 6.19. The third-order valence-corrected chi connectivity index (χ3v) is 8.15. The molecule has 0 saturated heterocycles. The van der Waals surface area contributed by atoms with Gasteiger partial charge in [-0.3, -0.25) is 4.98 Å². The molecule has 2 nitrogen and oxygen atoms in total. The largest absolute Gasteiger partial charge is 0.310 e. The van der Waals surface area contributed by atoms with Crippen LogP contribution in [-0.2, 0) is 6.42 Å². The molecule has 0 saturated carbocycles. The average Bonchev–Trinajstić information content (AvgIpc) is 3.36. The van der Waals surface area contributed by atoms with E-state index < -0.39 is 0 Å². The van der Waals surface area contributed by atoms with Crippen molar-refractivity contribution in [1.29, 1.82) is 0 Å². The van der Waals surface area contributed by atoms with Gasteiger partial charge in [-0.15, -0.1) is 0 Å². The summed E-state index contributed by atoms with van der Waals surface area (Å²) in [6.45, 7) is 4.00. The van der Waals surface area contributed by atoms with Crippen LogP contribution < -0.4 is 4.90 Å². The number of aryl methyl sites for hydroxylation is 1. The van der Waals surface area contributed by atoms with Crippen LogP contribution in [0.5, 0.6) is 0 Å². The van der Waals surface area contributed by atoms with Crippen molar-refractivity contribution in [3.63, 3.8) is 0 Å². The molecular weight excluding hydrogens is 496 g/mol. The molecule has 2 heteroatoms. The maximum Gasteiger partial charge on any atom is 0.0492 e. The molecule has 0 fully saturated rings. The second-order valence-electron chi connectivity index (χ2n) is 10.3. The van der Waals surface area contributed by atoms with E-state index in [-0.39, 0.29) is 0 Å². The van der Waals surface area contributed by atoms with Gasteiger partial charge >= 0.3 is 0 Å². The van der Waals surface area contributed by atoms with E-state index >= 15 is 0 Å². The van der Waals surface area contributed by atoms with Crippen LogP contribution in [0.4, 0.5) is 17.1 Å². The Bertz CT molecular complexity index is 1850. The molecule has 1 aromatic heterocycles. The Morgan fingerprint density at radius 1 is 0.585 bits per heavy atom. The summed E-state index contributed by atoms with van der Waals surface area (Å²) in [6, 6.07) is 39.8. The highest BCUT2D eigenvalue weighted by Gasteiger charge is 2.24. The lowest BCUT2D eigenvalue weighted by molar-refractivity contribution is 0.987. The molecule has 198 valence electrons. The van der Waals surface area contributed by atoms with Crippen LogP contribution in [-0.4, -0.2) is 4.98 Å². The third-order valence-electron chi connectivity index (χ3n) is 8.15. The molecule has 2 aliphatic rings. The Morgan fingerprint density at radius 3 is 2.07 bits per heavy atom. The van der Waals surface area contributed by atoms with Gasteiger partial charge in [-0.25, -0.2) is 0 Å². The van der Waals surface area contributed by atoms with Gasteiger partial charge in [0.05, 0.1) is 0 Å². The monoisotopic (exact) mass is 528 g/mol. The quantitative estimate of drug-likeness (QED) is 0.226. The summed E-state index contributed by atoms with van der Waals surface area (Å²) >= 11 is 0. The van der Waals surface area contributed by atoms with Gasteiger partial charge in [-0.05, 0) is 117 Å². The van der Waals surface area contributed by atoms with Crippen LogP contribution in [0.1, 0.15) is 31.4 Å². The topological polar surface area (TPSA) is 16.1 Å². The van der Waals surface area contributed by atoms with Crippen LogP contribution in [0.15, 0.2) is 128 Å². The van der Waals surface area contributed by atoms with Crippen molar-refractivity contribution >= 4 is 33.9 Å². The van der Waals surface area contributed by atoms with Crippen LogP contribution in [0.2, 0.25) is 0 Å². The highest BCUT2D eigenvalue weighted by Crippen LogP contribution is 2.50. The molecular formula is C39H32N2. The summed E-state index contributed by atoms with van der Waals surface area (Å²) in [7, 11) is 0. The van der Waals surface area contributed by atoms with E-state index in [0.717, 1.165) is 29.9 Å². The van der Waals surface area contributed by atoms with E-state index in [2.05, 4.69) is 131 Å². The number of para-hydroxylation sites is 1. The van der Waals surface area contributed by atoms with E-state index in [1.54, 1.807) is 0 Å². The van der Waals surface area contributed by atoms with E-state index in [4.69, 9.17) is 0 Å². The van der Waals surface area contributed by atoms with Gasteiger partial charge in [0.25, 0.3) is 0 Å². The molecule has 8 rings (SSSR count). The van der Waals surface area contributed by atoms with E-state index in [9.17, 15) is 0 Å². The van der Waals surface area contributed by atoms with Gasteiger partial charge < -0.3 is 4.90 Å². The molecule has 0 unspecified atom stereocenters. The van der Waals surface area contributed by atoms with Gasteiger partial charge in [0.1, 0.15) is 0 Å². The molecule has 2 aliphatic carbocycles. The molecule has 6 aromatic rings.